The highest BCUT2D eigenvalue weighted by Crippen LogP contribution is 2.33. The van der Waals surface area contributed by atoms with Gasteiger partial charge < -0.3 is 45.2 Å². The third kappa shape index (κ3) is 2.37. The van der Waals surface area contributed by atoms with Crippen LogP contribution in [0.4, 0.5) is 0 Å². The van der Waals surface area contributed by atoms with Gasteiger partial charge in [0.2, 0.25) is 5.79 Å². The van der Waals surface area contributed by atoms with Crippen LogP contribution < -0.4 is 0 Å². The Labute approximate surface area is 108 Å². The summed E-state index contributed by atoms with van der Waals surface area (Å²) in [6.45, 7) is -0.875. The Bertz CT molecular complexity index is 326. The summed E-state index contributed by atoms with van der Waals surface area (Å²) in [5.74, 6) is -2.50. The smallest absolute Gasteiger partial charge is 0.224 e. The Kier molecular flexibility index (Phi) is 4.12. The average molecular weight is 282 g/mol. The van der Waals surface area contributed by atoms with Crippen LogP contribution in [0.3, 0.4) is 0 Å². The van der Waals surface area contributed by atoms with Gasteiger partial charge in [-0.2, -0.15) is 0 Å². The molecule has 0 saturated carbocycles. The van der Waals surface area contributed by atoms with Crippen molar-refractivity contribution in [3.05, 3.63) is 0 Å². The Morgan fingerprint density at radius 3 is 2.00 bits per heavy atom. The van der Waals surface area contributed by atoms with Crippen molar-refractivity contribution in [2.75, 3.05) is 13.2 Å². The molecule has 2 saturated heterocycles. The minimum Gasteiger partial charge on any atom is -0.388 e. The predicted molar refractivity (Wildman–Crippen MR) is 56.7 cm³/mol. The third-order valence-electron chi connectivity index (χ3n) is 3.54. The van der Waals surface area contributed by atoms with E-state index in [-0.39, 0.29) is 6.61 Å². The van der Waals surface area contributed by atoms with E-state index in [1.54, 1.807) is 0 Å². The Morgan fingerprint density at radius 1 is 0.789 bits per heavy atom. The summed E-state index contributed by atoms with van der Waals surface area (Å²) in [6.07, 6.45) is -11.3. The van der Waals surface area contributed by atoms with Crippen LogP contribution in [-0.2, 0) is 9.47 Å². The maximum atomic E-state index is 10.2. The third-order valence-corrected chi connectivity index (χ3v) is 3.54. The average Bonchev–Trinajstić information content (AvgIpc) is 2.38. The van der Waals surface area contributed by atoms with Crippen molar-refractivity contribution in [3.63, 3.8) is 0 Å². The van der Waals surface area contributed by atoms with Crippen molar-refractivity contribution in [2.24, 2.45) is 0 Å². The van der Waals surface area contributed by atoms with Crippen LogP contribution in [0.2, 0.25) is 0 Å². The van der Waals surface area contributed by atoms with E-state index in [9.17, 15) is 35.7 Å². The lowest BCUT2D eigenvalue weighted by Gasteiger charge is -2.49. The standard InChI is InChI=1S/C10H18O9/c11-3-1-18-9(7(15)5(3)13)10(17)8(16)6(14)4(12)2-19-10/h3-9,11-17H,1-2H2/t3-,4-,5+,6-,7-,8+,9?,10?/m1/s1. The number of hydrogen-bond donors (Lipinski definition) is 7. The number of aliphatic hydroxyl groups excluding tert-OH is 6. The molecule has 9 heteroatoms. The molecule has 0 aromatic heterocycles. The molecule has 2 heterocycles. The highest BCUT2D eigenvalue weighted by Gasteiger charge is 2.58. The molecule has 0 aliphatic carbocycles. The van der Waals surface area contributed by atoms with Gasteiger partial charge in [-0.05, 0) is 0 Å². The number of ether oxygens (including phenoxy) is 2. The van der Waals surface area contributed by atoms with E-state index in [2.05, 4.69) is 0 Å². The first-order valence-corrected chi connectivity index (χ1v) is 5.85. The maximum absolute atomic E-state index is 10.2. The molecule has 0 aromatic rings. The van der Waals surface area contributed by atoms with Crippen molar-refractivity contribution in [3.8, 4) is 0 Å². The van der Waals surface area contributed by atoms with E-state index in [0.717, 1.165) is 0 Å². The largest absolute Gasteiger partial charge is 0.388 e. The summed E-state index contributed by atoms with van der Waals surface area (Å²) in [5, 5.41) is 67.4. The van der Waals surface area contributed by atoms with Crippen molar-refractivity contribution in [1.82, 2.24) is 0 Å². The second-order valence-corrected chi connectivity index (χ2v) is 4.87. The summed E-state index contributed by atoms with van der Waals surface area (Å²) in [5.41, 5.74) is 0. The lowest BCUT2D eigenvalue weighted by atomic mass is 9.86. The van der Waals surface area contributed by atoms with Crippen LogP contribution >= 0.6 is 0 Å². The number of aliphatic hydroxyl groups is 7. The molecule has 8 atom stereocenters. The van der Waals surface area contributed by atoms with Gasteiger partial charge in [0.25, 0.3) is 0 Å². The Balaban J connectivity index is 2.20. The van der Waals surface area contributed by atoms with Crippen LogP contribution in [0, 0.1) is 0 Å². The second kappa shape index (κ2) is 5.20. The summed E-state index contributed by atoms with van der Waals surface area (Å²) in [7, 11) is 0. The molecular weight excluding hydrogens is 264 g/mol. The lowest BCUT2D eigenvalue weighted by molar-refractivity contribution is -0.380. The van der Waals surface area contributed by atoms with E-state index in [1.165, 1.54) is 0 Å². The van der Waals surface area contributed by atoms with Gasteiger partial charge in [0.15, 0.2) is 0 Å². The van der Waals surface area contributed by atoms with Crippen molar-refractivity contribution < 1.29 is 45.2 Å². The summed E-state index contributed by atoms with van der Waals surface area (Å²) in [6, 6.07) is 0. The fourth-order valence-electron chi connectivity index (χ4n) is 2.28. The van der Waals surface area contributed by atoms with E-state index in [1.807, 2.05) is 0 Å². The quantitative estimate of drug-likeness (QED) is 0.250. The van der Waals surface area contributed by atoms with Gasteiger partial charge in [-0.1, -0.05) is 0 Å². The van der Waals surface area contributed by atoms with Gasteiger partial charge >= 0.3 is 0 Å². The zero-order valence-electron chi connectivity index (χ0n) is 9.90. The fraction of sp³-hybridized carbons (Fsp3) is 1.00. The van der Waals surface area contributed by atoms with E-state index in [4.69, 9.17) is 9.47 Å². The zero-order valence-corrected chi connectivity index (χ0v) is 9.90. The van der Waals surface area contributed by atoms with Gasteiger partial charge in [0.05, 0.1) is 13.2 Å². The topological polar surface area (TPSA) is 160 Å². The van der Waals surface area contributed by atoms with Crippen molar-refractivity contribution >= 4 is 0 Å². The zero-order chi connectivity index (χ0) is 14.4. The van der Waals surface area contributed by atoms with E-state index < -0.39 is 55.1 Å². The lowest BCUT2D eigenvalue weighted by Crippen LogP contribution is -2.71. The molecule has 112 valence electrons. The summed E-state index contributed by atoms with van der Waals surface area (Å²) >= 11 is 0. The second-order valence-electron chi connectivity index (χ2n) is 4.87. The van der Waals surface area contributed by atoms with Gasteiger partial charge in [0, 0.05) is 0 Å². The predicted octanol–water partition coefficient (Wildman–Crippen LogP) is -4.73. The molecule has 0 aromatic carbocycles. The van der Waals surface area contributed by atoms with Gasteiger partial charge in [0.1, 0.15) is 42.7 Å². The molecular formula is C10H18O9. The molecule has 7 N–H and O–H groups in total. The minimum atomic E-state index is -2.50. The monoisotopic (exact) mass is 282 g/mol. The van der Waals surface area contributed by atoms with Crippen molar-refractivity contribution in [2.45, 2.75) is 48.5 Å². The molecule has 2 rings (SSSR count). The molecule has 2 aliphatic heterocycles. The van der Waals surface area contributed by atoms with E-state index in [0.29, 0.717) is 0 Å². The first kappa shape index (κ1) is 15.0. The highest BCUT2D eigenvalue weighted by molar-refractivity contribution is 5.02. The number of rotatable bonds is 1. The summed E-state index contributed by atoms with van der Waals surface area (Å²) in [4.78, 5) is 0. The van der Waals surface area contributed by atoms with Crippen LogP contribution in [-0.4, -0.2) is 97.5 Å². The Hall–Kier alpha value is -0.360. The molecule has 0 spiro atoms. The van der Waals surface area contributed by atoms with Gasteiger partial charge in [-0.3, -0.25) is 0 Å². The molecule has 2 unspecified atom stereocenters. The van der Waals surface area contributed by atoms with Gasteiger partial charge in [-0.15, -0.1) is 0 Å². The van der Waals surface area contributed by atoms with Crippen molar-refractivity contribution in [1.29, 1.82) is 0 Å². The summed E-state index contributed by atoms with van der Waals surface area (Å²) < 4.78 is 9.85. The van der Waals surface area contributed by atoms with E-state index >= 15 is 0 Å². The SMILES string of the molecule is O[C@@H]1[C@H](O)COC(O)(C2OC[C@@H](O)[C@H](O)[C@H]2O)[C@H]1O. The molecule has 2 aliphatic rings. The van der Waals surface area contributed by atoms with Crippen LogP contribution in [0.25, 0.3) is 0 Å². The molecule has 0 radical (unpaired) electrons. The Morgan fingerprint density at radius 2 is 1.37 bits per heavy atom. The number of hydrogen-bond acceptors (Lipinski definition) is 9. The first-order chi connectivity index (χ1) is 8.79. The van der Waals surface area contributed by atoms with Crippen LogP contribution in [0.5, 0.6) is 0 Å². The van der Waals surface area contributed by atoms with Crippen LogP contribution in [0.1, 0.15) is 0 Å². The highest BCUT2D eigenvalue weighted by atomic mass is 16.7. The molecule has 19 heavy (non-hydrogen) atoms. The fourth-order valence-corrected chi connectivity index (χ4v) is 2.28. The normalized spacial score (nSPS) is 56.1. The minimum absolute atomic E-state index is 0.389. The van der Waals surface area contributed by atoms with Crippen LogP contribution in [0.15, 0.2) is 0 Å². The molecule has 2 fully saturated rings. The molecule has 9 nitrogen and oxygen atoms in total. The van der Waals surface area contributed by atoms with Gasteiger partial charge in [-0.25, -0.2) is 0 Å². The molecule has 0 bridgehead atoms. The maximum Gasteiger partial charge on any atom is 0.224 e. The molecule has 0 amide bonds. The first-order valence-electron chi connectivity index (χ1n) is 5.85.